The first kappa shape index (κ1) is 19.6. The van der Waals surface area contributed by atoms with Crippen LogP contribution in [0.2, 0.25) is 0 Å². The normalized spacial score (nSPS) is 10.9. The quantitative estimate of drug-likeness (QED) is 0.587. The highest BCUT2D eigenvalue weighted by Crippen LogP contribution is 2.33. The Labute approximate surface area is 156 Å². The van der Waals surface area contributed by atoms with Crippen LogP contribution in [0.1, 0.15) is 0 Å². The molecule has 0 saturated carbocycles. The van der Waals surface area contributed by atoms with E-state index >= 15 is 0 Å². The number of rotatable bonds is 5. The lowest BCUT2D eigenvalue weighted by atomic mass is 10.2. The molecule has 0 aliphatic rings. The molecule has 26 heavy (non-hydrogen) atoms. The number of nitrogens with two attached hydrogens (primary N) is 1. The second kappa shape index (κ2) is 8.13. The highest BCUT2D eigenvalue weighted by atomic mass is 79.9. The summed E-state index contributed by atoms with van der Waals surface area (Å²) in [6.45, 7) is 2.35. The summed E-state index contributed by atoms with van der Waals surface area (Å²) >= 11 is 3.33. The van der Waals surface area contributed by atoms with Gasteiger partial charge in [0, 0.05) is 22.0 Å². The van der Waals surface area contributed by atoms with Crippen LogP contribution in [0.5, 0.6) is 0 Å². The van der Waals surface area contributed by atoms with E-state index in [2.05, 4.69) is 27.8 Å². The van der Waals surface area contributed by atoms with E-state index < -0.39 is 18.8 Å². The number of hydrogen-bond donors (Lipinski definition) is 3. The zero-order chi connectivity index (χ0) is 19.3. The molecule has 0 atom stereocenters. The third-order valence-electron chi connectivity index (χ3n) is 3.26. The smallest absolute Gasteiger partial charge is 0.397 e. The molecule has 9 heteroatoms. The van der Waals surface area contributed by atoms with Crippen molar-refractivity contribution in [2.45, 2.75) is 6.18 Å². The van der Waals surface area contributed by atoms with Crippen LogP contribution < -0.4 is 21.3 Å². The van der Waals surface area contributed by atoms with Gasteiger partial charge in [0.2, 0.25) is 0 Å². The minimum atomic E-state index is -4.47. The molecule has 0 fully saturated rings. The van der Waals surface area contributed by atoms with Crippen molar-refractivity contribution in [2.24, 2.45) is 0 Å². The van der Waals surface area contributed by atoms with Gasteiger partial charge in [-0.2, -0.15) is 13.2 Å². The third kappa shape index (κ3) is 5.41. The van der Waals surface area contributed by atoms with Crippen LogP contribution in [0, 0.1) is 0 Å². The van der Waals surface area contributed by atoms with Crippen LogP contribution in [0.3, 0.4) is 0 Å². The highest BCUT2D eigenvalue weighted by molar-refractivity contribution is 9.10. The van der Waals surface area contributed by atoms with E-state index in [0.717, 1.165) is 4.47 Å². The van der Waals surface area contributed by atoms with Crippen LogP contribution in [0.15, 0.2) is 59.7 Å². The van der Waals surface area contributed by atoms with E-state index in [9.17, 15) is 18.0 Å². The van der Waals surface area contributed by atoms with Crippen molar-refractivity contribution in [1.29, 1.82) is 0 Å². The Morgan fingerprint density at radius 3 is 2.62 bits per heavy atom. The second-order valence-corrected chi connectivity index (χ2v) is 6.14. The summed E-state index contributed by atoms with van der Waals surface area (Å²) in [7, 11) is 0. The van der Waals surface area contributed by atoms with E-state index in [1.165, 1.54) is 0 Å². The Balaban J connectivity index is 2.19. The number of benzene rings is 2. The zero-order valence-corrected chi connectivity index (χ0v) is 15.1. The number of carbonyl (C=O) groups is 1. The first-order valence-electron chi connectivity index (χ1n) is 7.38. The van der Waals surface area contributed by atoms with Crippen LogP contribution in [0.4, 0.5) is 40.7 Å². The number of alkyl halides is 3. The Morgan fingerprint density at radius 2 is 2.00 bits per heavy atom. The monoisotopic (exact) mass is 428 g/mol. The van der Waals surface area contributed by atoms with Crippen LogP contribution >= 0.6 is 15.9 Å². The van der Waals surface area contributed by atoms with Gasteiger partial charge in [0.15, 0.2) is 0 Å². The van der Waals surface area contributed by atoms with Gasteiger partial charge in [0.05, 0.1) is 11.4 Å². The maximum absolute atomic E-state index is 12.1. The summed E-state index contributed by atoms with van der Waals surface area (Å²) < 4.78 is 37.3. The lowest BCUT2D eigenvalue weighted by Gasteiger charge is -2.23. The van der Waals surface area contributed by atoms with Crippen molar-refractivity contribution < 1.29 is 18.0 Å². The average Bonchev–Trinajstić information content (AvgIpc) is 2.55. The molecule has 0 bridgehead atoms. The van der Waals surface area contributed by atoms with Crippen molar-refractivity contribution in [3.8, 4) is 0 Å². The fraction of sp³-hybridized carbons (Fsp3) is 0.118. The summed E-state index contributed by atoms with van der Waals surface area (Å²) in [4.78, 5) is 13.3. The second-order valence-electron chi connectivity index (χ2n) is 5.23. The fourth-order valence-electron chi connectivity index (χ4n) is 2.18. The molecule has 2 aromatic rings. The summed E-state index contributed by atoms with van der Waals surface area (Å²) in [6, 6.07) is 10.9. The molecule has 0 spiro atoms. The summed E-state index contributed by atoms with van der Waals surface area (Å²) in [5.74, 6) is 0. The number of anilines is 4. The molecule has 2 amide bonds. The van der Waals surface area contributed by atoms with E-state index in [0.29, 0.717) is 22.7 Å². The average molecular weight is 429 g/mol. The maximum Gasteiger partial charge on any atom is 0.405 e. The number of halogens is 4. The van der Waals surface area contributed by atoms with E-state index in [4.69, 9.17) is 5.73 Å². The van der Waals surface area contributed by atoms with Gasteiger partial charge in [-0.15, -0.1) is 0 Å². The number of carbonyl (C=O) groups excluding carboxylic acids is 1. The minimum Gasteiger partial charge on any atom is -0.397 e. The van der Waals surface area contributed by atoms with E-state index in [-0.39, 0.29) is 0 Å². The molecule has 0 aromatic heterocycles. The SMILES string of the molecule is C=CN(c1cccc(NC(=O)NCC(F)(F)F)c1)c1ccc(Br)cc1N. The van der Waals surface area contributed by atoms with Gasteiger partial charge in [0.25, 0.3) is 0 Å². The topological polar surface area (TPSA) is 70.4 Å². The number of urea groups is 1. The first-order chi connectivity index (χ1) is 12.2. The van der Waals surface area contributed by atoms with Crippen molar-refractivity contribution in [3.63, 3.8) is 0 Å². The van der Waals surface area contributed by atoms with Crippen molar-refractivity contribution >= 4 is 44.7 Å². The Hall–Kier alpha value is -2.68. The van der Waals surface area contributed by atoms with Crippen LogP contribution in [-0.4, -0.2) is 18.8 Å². The molecule has 0 unspecified atom stereocenters. The van der Waals surface area contributed by atoms with Crippen LogP contribution in [-0.2, 0) is 0 Å². The van der Waals surface area contributed by atoms with Crippen molar-refractivity contribution in [2.75, 3.05) is 22.5 Å². The molecular formula is C17H16BrF3N4O. The highest BCUT2D eigenvalue weighted by Gasteiger charge is 2.27. The van der Waals surface area contributed by atoms with Gasteiger partial charge >= 0.3 is 12.2 Å². The molecule has 2 rings (SSSR count). The van der Waals surface area contributed by atoms with Gasteiger partial charge < -0.3 is 21.3 Å². The predicted molar refractivity (Wildman–Crippen MR) is 100 cm³/mol. The standard InChI is InChI=1S/C17H16BrF3N4O/c1-2-25(15-7-6-11(18)8-14(15)22)13-5-3-4-12(9-13)24-16(26)23-10-17(19,20)21/h2-9H,1,10,22H2,(H2,23,24,26). The first-order valence-corrected chi connectivity index (χ1v) is 8.17. The minimum absolute atomic E-state index is 0.324. The summed E-state index contributed by atoms with van der Waals surface area (Å²) in [5, 5.41) is 4.11. The van der Waals surface area contributed by atoms with E-state index in [1.807, 2.05) is 6.07 Å². The molecular weight excluding hydrogens is 413 g/mol. The lowest BCUT2D eigenvalue weighted by Crippen LogP contribution is -2.36. The summed E-state index contributed by atoms with van der Waals surface area (Å²) in [6.07, 6.45) is -2.93. The van der Waals surface area contributed by atoms with Gasteiger partial charge in [-0.05, 0) is 36.4 Å². The molecule has 5 nitrogen and oxygen atoms in total. The number of nitrogens with zero attached hydrogens (tertiary/aromatic N) is 1. The molecule has 138 valence electrons. The van der Waals surface area contributed by atoms with Gasteiger partial charge in [-0.3, -0.25) is 0 Å². The molecule has 0 aliphatic heterocycles. The van der Waals surface area contributed by atoms with Gasteiger partial charge in [0.1, 0.15) is 6.54 Å². The van der Waals surface area contributed by atoms with Crippen molar-refractivity contribution in [3.05, 3.63) is 59.7 Å². The van der Waals surface area contributed by atoms with Gasteiger partial charge in [-0.1, -0.05) is 28.6 Å². The van der Waals surface area contributed by atoms with Gasteiger partial charge in [-0.25, -0.2) is 4.79 Å². The number of amides is 2. The fourth-order valence-corrected chi connectivity index (χ4v) is 2.56. The van der Waals surface area contributed by atoms with Crippen molar-refractivity contribution in [1.82, 2.24) is 5.32 Å². The molecule has 0 radical (unpaired) electrons. The molecule has 2 aromatic carbocycles. The molecule has 0 heterocycles. The number of hydrogen-bond acceptors (Lipinski definition) is 3. The lowest BCUT2D eigenvalue weighted by molar-refractivity contribution is -0.122. The molecule has 4 N–H and O–H groups in total. The zero-order valence-electron chi connectivity index (χ0n) is 13.5. The Morgan fingerprint density at radius 1 is 1.27 bits per heavy atom. The predicted octanol–water partition coefficient (Wildman–Crippen LogP) is 5.00. The van der Waals surface area contributed by atoms with E-state index in [1.54, 1.807) is 52.8 Å². The Bertz CT molecular complexity index is 811. The maximum atomic E-state index is 12.1. The summed E-state index contributed by atoms with van der Waals surface area (Å²) in [5.41, 5.74) is 8.15. The largest absolute Gasteiger partial charge is 0.405 e. The molecule has 0 saturated heterocycles. The third-order valence-corrected chi connectivity index (χ3v) is 3.76. The number of nitrogens with one attached hydrogen (secondary N) is 2. The number of nitrogen functional groups attached to an aromatic ring is 1. The van der Waals surface area contributed by atoms with Crippen LogP contribution in [0.25, 0.3) is 0 Å². The Kier molecular flexibility index (Phi) is 6.14. The molecule has 0 aliphatic carbocycles.